The van der Waals surface area contributed by atoms with Crippen LogP contribution in [0, 0.1) is 22.4 Å². The number of rotatable bonds is 4. The molecular formula is C14H12ClN3O3. The highest BCUT2D eigenvalue weighted by molar-refractivity contribution is 6.30. The number of halogens is 1. The summed E-state index contributed by atoms with van der Waals surface area (Å²) in [5, 5.41) is 18.7. The number of nitrogens with zero attached hydrogens (tertiary/aromatic N) is 1. The number of nitro benzene ring substituents is 1. The summed E-state index contributed by atoms with van der Waals surface area (Å²) >= 11 is 5.91. The molecule has 21 heavy (non-hydrogen) atoms. The van der Waals surface area contributed by atoms with Crippen LogP contribution in [0.15, 0.2) is 36.4 Å². The number of ether oxygens (including phenoxy) is 1. The maximum Gasteiger partial charge on any atom is 0.272 e. The van der Waals surface area contributed by atoms with E-state index in [-0.39, 0.29) is 11.5 Å². The highest BCUT2D eigenvalue weighted by Gasteiger charge is 2.13. The van der Waals surface area contributed by atoms with Crippen LogP contribution < -0.4 is 10.5 Å². The van der Waals surface area contributed by atoms with Crippen LogP contribution in [0.3, 0.4) is 0 Å². The molecule has 0 aliphatic carbocycles. The predicted octanol–water partition coefficient (Wildman–Crippen LogP) is 3.63. The molecule has 0 bridgehead atoms. The molecule has 2 aromatic carbocycles. The molecule has 0 radical (unpaired) electrons. The average Bonchev–Trinajstić information content (AvgIpc) is 2.37. The monoisotopic (exact) mass is 305 g/mol. The molecule has 0 saturated heterocycles. The molecule has 0 amide bonds. The summed E-state index contributed by atoms with van der Waals surface area (Å²) in [6.07, 6.45) is 0. The van der Waals surface area contributed by atoms with Crippen LogP contribution in [0.4, 0.5) is 5.69 Å². The first-order valence-corrected chi connectivity index (χ1v) is 6.33. The maximum atomic E-state index is 10.8. The summed E-state index contributed by atoms with van der Waals surface area (Å²) in [4.78, 5) is 10.3. The standard InChI is InChI=1S/C14H12ClN3O3/c1-8-6-10(3-5-12(8)18(19)20)21-13-7-9(15)2-4-11(13)14(16)17/h2-7H,1H3,(H3,16,17). The summed E-state index contributed by atoms with van der Waals surface area (Å²) < 4.78 is 5.64. The Labute approximate surface area is 125 Å². The van der Waals surface area contributed by atoms with Gasteiger partial charge in [0.2, 0.25) is 0 Å². The molecule has 0 heterocycles. The Morgan fingerprint density at radius 1 is 1.33 bits per heavy atom. The SMILES string of the molecule is Cc1cc(Oc2cc(Cl)ccc2C(=N)N)ccc1[N+](=O)[O-]. The van der Waals surface area contributed by atoms with Crippen LogP contribution in [0.5, 0.6) is 11.5 Å². The Balaban J connectivity index is 2.38. The van der Waals surface area contributed by atoms with Crippen molar-refractivity contribution >= 4 is 23.1 Å². The van der Waals surface area contributed by atoms with Crippen molar-refractivity contribution in [1.29, 1.82) is 5.41 Å². The van der Waals surface area contributed by atoms with Crippen LogP contribution in [-0.2, 0) is 0 Å². The Bertz CT molecular complexity index is 731. The number of hydrogen-bond acceptors (Lipinski definition) is 4. The largest absolute Gasteiger partial charge is 0.457 e. The molecule has 2 rings (SSSR count). The first kappa shape index (κ1) is 14.8. The lowest BCUT2D eigenvalue weighted by Gasteiger charge is -2.11. The smallest absolute Gasteiger partial charge is 0.272 e. The minimum absolute atomic E-state index is 0.0141. The lowest BCUT2D eigenvalue weighted by molar-refractivity contribution is -0.385. The summed E-state index contributed by atoms with van der Waals surface area (Å²) in [5.41, 5.74) is 6.37. The van der Waals surface area contributed by atoms with E-state index in [2.05, 4.69) is 0 Å². The highest BCUT2D eigenvalue weighted by atomic mass is 35.5. The second kappa shape index (κ2) is 5.80. The Morgan fingerprint density at radius 3 is 2.62 bits per heavy atom. The van der Waals surface area contributed by atoms with Crippen LogP contribution in [-0.4, -0.2) is 10.8 Å². The molecule has 0 aromatic heterocycles. The summed E-state index contributed by atoms with van der Waals surface area (Å²) in [5.74, 6) is 0.575. The van der Waals surface area contributed by atoms with Crippen molar-refractivity contribution in [3.63, 3.8) is 0 Å². The topological polar surface area (TPSA) is 102 Å². The van der Waals surface area contributed by atoms with Crippen molar-refractivity contribution in [3.8, 4) is 11.5 Å². The molecule has 7 heteroatoms. The lowest BCUT2D eigenvalue weighted by Crippen LogP contribution is -2.12. The molecular weight excluding hydrogens is 294 g/mol. The number of aryl methyl sites for hydroxylation is 1. The van der Waals surface area contributed by atoms with Crippen molar-refractivity contribution < 1.29 is 9.66 Å². The van der Waals surface area contributed by atoms with Gasteiger partial charge in [-0.3, -0.25) is 15.5 Å². The summed E-state index contributed by atoms with van der Waals surface area (Å²) in [6.45, 7) is 1.62. The Hall–Kier alpha value is -2.60. The zero-order chi connectivity index (χ0) is 15.6. The van der Waals surface area contributed by atoms with Gasteiger partial charge in [0, 0.05) is 22.7 Å². The number of hydrogen-bond donors (Lipinski definition) is 2. The summed E-state index contributed by atoms with van der Waals surface area (Å²) in [6, 6.07) is 9.11. The molecule has 0 saturated carbocycles. The Morgan fingerprint density at radius 2 is 2.05 bits per heavy atom. The molecule has 0 unspecified atom stereocenters. The minimum Gasteiger partial charge on any atom is -0.457 e. The van der Waals surface area contributed by atoms with E-state index < -0.39 is 4.92 Å². The van der Waals surface area contributed by atoms with Gasteiger partial charge in [0.15, 0.2) is 0 Å². The van der Waals surface area contributed by atoms with Gasteiger partial charge in [-0.1, -0.05) is 11.6 Å². The quantitative estimate of drug-likeness (QED) is 0.389. The van der Waals surface area contributed by atoms with E-state index in [4.69, 9.17) is 27.5 Å². The van der Waals surface area contributed by atoms with Gasteiger partial charge in [-0.05, 0) is 31.2 Å². The second-order valence-electron chi connectivity index (χ2n) is 4.36. The fourth-order valence-corrected chi connectivity index (χ4v) is 1.99. The number of nitro groups is 1. The first-order chi connectivity index (χ1) is 9.88. The number of nitrogens with one attached hydrogen (secondary N) is 1. The van der Waals surface area contributed by atoms with Gasteiger partial charge in [-0.15, -0.1) is 0 Å². The van der Waals surface area contributed by atoms with Gasteiger partial charge >= 0.3 is 0 Å². The number of nitrogen functional groups attached to an aromatic ring is 1. The van der Waals surface area contributed by atoms with E-state index in [1.54, 1.807) is 25.1 Å². The third kappa shape index (κ3) is 3.29. The van der Waals surface area contributed by atoms with E-state index in [0.29, 0.717) is 27.6 Å². The molecule has 6 nitrogen and oxygen atoms in total. The number of nitrogens with two attached hydrogens (primary N) is 1. The zero-order valence-corrected chi connectivity index (χ0v) is 11.8. The second-order valence-corrected chi connectivity index (χ2v) is 4.80. The summed E-state index contributed by atoms with van der Waals surface area (Å²) in [7, 11) is 0. The van der Waals surface area contributed by atoms with Crippen LogP contribution in [0.1, 0.15) is 11.1 Å². The molecule has 0 aliphatic heterocycles. The van der Waals surface area contributed by atoms with Gasteiger partial charge in [0.25, 0.3) is 5.69 Å². The van der Waals surface area contributed by atoms with E-state index in [1.807, 2.05) is 0 Å². The molecule has 0 atom stereocenters. The van der Waals surface area contributed by atoms with Crippen molar-refractivity contribution in [1.82, 2.24) is 0 Å². The van der Waals surface area contributed by atoms with E-state index >= 15 is 0 Å². The normalized spacial score (nSPS) is 10.2. The van der Waals surface area contributed by atoms with Crippen molar-refractivity contribution in [2.24, 2.45) is 5.73 Å². The molecule has 2 aromatic rings. The van der Waals surface area contributed by atoms with Crippen LogP contribution in [0.25, 0.3) is 0 Å². The van der Waals surface area contributed by atoms with Gasteiger partial charge in [-0.2, -0.15) is 0 Å². The maximum absolute atomic E-state index is 10.8. The predicted molar refractivity (Wildman–Crippen MR) is 80.4 cm³/mol. The fourth-order valence-electron chi connectivity index (χ4n) is 1.83. The molecule has 3 N–H and O–H groups in total. The van der Waals surface area contributed by atoms with E-state index in [1.165, 1.54) is 18.2 Å². The minimum atomic E-state index is -0.459. The van der Waals surface area contributed by atoms with Gasteiger partial charge in [0.1, 0.15) is 17.3 Å². The van der Waals surface area contributed by atoms with Gasteiger partial charge in [0.05, 0.1) is 10.5 Å². The first-order valence-electron chi connectivity index (χ1n) is 5.95. The van der Waals surface area contributed by atoms with Crippen LogP contribution >= 0.6 is 11.6 Å². The molecule has 0 aliphatic rings. The highest BCUT2D eigenvalue weighted by Crippen LogP contribution is 2.30. The lowest BCUT2D eigenvalue weighted by atomic mass is 10.1. The third-order valence-electron chi connectivity index (χ3n) is 2.83. The fraction of sp³-hybridized carbons (Fsp3) is 0.0714. The molecule has 0 fully saturated rings. The van der Waals surface area contributed by atoms with Crippen molar-refractivity contribution in [2.45, 2.75) is 6.92 Å². The van der Waals surface area contributed by atoms with Crippen molar-refractivity contribution in [2.75, 3.05) is 0 Å². The van der Waals surface area contributed by atoms with E-state index in [0.717, 1.165) is 0 Å². The third-order valence-corrected chi connectivity index (χ3v) is 3.06. The van der Waals surface area contributed by atoms with E-state index in [9.17, 15) is 10.1 Å². The molecule has 108 valence electrons. The average molecular weight is 306 g/mol. The Kier molecular flexibility index (Phi) is 4.09. The van der Waals surface area contributed by atoms with Crippen molar-refractivity contribution in [3.05, 3.63) is 62.7 Å². The van der Waals surface area contributed by atoms with Crippen LogP contribution in [0.2, 0.25) is 5.02 Å². The zero-order valence-electron chi connectivity index (χ0n) is 11.1. The molecule has 0 spiro atoms. The van der Waals surface area contributed by atoms with Gasteiger partial charge in [-0.25, -0.2) is 0 Å². The van der Waals surface area contributed by atoms with Gasteiger partial charge < -0.3 is 10.5 Å². The number of benzene rings is 2. The number of amidine groups is 1.